The lowest BCUT2D eigenvalue weighted by molar-refractivity contribution is 0.311. The minimum absolute atomic E-state index is 0. The molecule has 0 unspecified atom stereocenters. The number of halogens is 1. The topological polar surface area (TPSA) is 50.9 Å². The zero-order chi connectivity index (χ0) is 14.2. The fourth-order valence-corrected chi connectivity index (χ4v) is 2.95. The van der Waals surface area contributed by atoms with Crippen molar-refractivity contribution in [1.82, 2.24) is 4.90 Å². The third-order valence-corrected chi connectivity index (χ3v) is 4.20. The number of nitrogens with two attached hydrogens (primary N) is 1. The zero-order valence-corrected chi connectivity index (χ0v) is 15.6. The monoisotopic (exact) mass is 421 g/mol. The molecule has 2 N–H and O–H groups in total. The first-order chi connectivity index (χ1) is 9.77. The molecule has 1 aromatic carbocycles. The molecule has 1 aliphatic heterocycles. The van der Waals surface area contributed by atoms with Crippen LogP contribution < -0.4 is 10.5 Å². The van der Waals surface area contributed by atoms with Gasteiger partial charge >= 0.3 is 0 Å². The Morgan fingerprint density at radius 3 is 2.76 bits per heavy atom. The van der Waals surface area contributed by atoms with Gasteiger partial charge in [0, 0.05) is 37.6 Å². The normalized spacial score (nSPS) is 15.5. The van der Waals surface area contributed by atoms with E-state index in [0.717, 1.165) is 43.3 Å². The summed E-state index contributed by atoms with van der Waals surface area (Å²) in [5.74, 6) is 3.93. The first-order valence-electron chi connectivity index (χ1n) is 7.08. The molecule has 1 fully saturated rings. The van der Waals surface area contributed by atoms with Crippen molar-refractivity contribution in [2.24, 2.45) is 10.7 Å². The lowest BCUT2D eigenvalue weighted by atomic mass is 10.2. The Morgan fingerprint density at radius 1 is 1.33 bits per heavy atom. The van der Waals surface area contributed by atoms with Gasteiger partial charge < -0.3 is 15.4 Å². The average molecular weight is 421 g/mol. The Kier molecular flexibility index (Phi) is 8.91. The van der Waals surface area contributed by atoms with Crippen molar-refractivity contribution >= 4 is 41.7 Å². The fraction of sp³-hybridized carbons (Fsp3) is 0.533. The molecule has 1 aromatic rings. The van der Waals surface area contributed by atoms with E-state index in [1.165, 1.54) is 5.56 Å². The van der Waals surface area contributed by atoms with E-state index in [9.17, 15) is 0 Å². The third-order valence-electron chi connectivity index (χ3n) is 3.26. The maximum absolute atomic E-state index is 5.99. The average Bonchev–Trinajstić information content (AvgIpc) is 2.49. The number of hydrogen-bond donors (Lipinski definition) is 1. The maximum Gasteiger partial charge on any atom is 0.191 e. The number of nitrogens with zero attached hydrogens (tertiary/aromatic N) is 2. The van der Waals surface area contributed by atoms with Crippen LogP contribution in [0.3, 0.4) is 0 Å². The number of para-hydroxylation sites is 1. The number of hydrogen-bond acceptors (Lipinski definition) is 3. The highest BCUT2D eigenvalue weighted by molar-refractivity contribution is 14.0. The molecule has 0 saturated carbocycles. The summed E-state index contributed by atoms with van der Waals surface area (Å²) in [4.78, 5) is 6.60. The highest BCUT2D eigenvalue weighted by atomic mass is 127. The summed E-state index contributed by atoms with van der Waals surface area (Å²) >= 11 is 1.97. The van der Waals surface area contributed by atoms with Gasteiger partial charge in [0.15, 0.2) is 5.96 Å². The second kappa shape index (κ2) is 10.2. The van der Waals surface area contributed by atoms with E-state index in [2.05, 4.69) is 22.9 Å². The Morgan fingerprint density at radius 2 is 2.05 bits per heavy atom. The SMILES string of the molecule is Cc1ccccc1OCCCN=C(N)N1CCSCC1.I. The number of guanidine groups is 1. The molecule has 6 heteroatoms. The standard InChI is InChI=1S/C15H23N3OS.HI/c1-13-5-2-3-6-14(13)19-10-4-7-17-15(16)18-8-11-20-12-9-18;/h2-3,5-6H,4,7-12H2,1H3,(H2,16,17);1H. The summed E-state index contributed by atoms with van der Waals surface area (Å²) in [5, 5.41) is 0. The third kappa shape index (κ3) is 6.34. The van der Waals surface area contributed by atoms with E-state index in [-0.39, 0.29) is 24.0 Å². The molecule has 0 bridgehead atoms. The van der Waals surface area contributed by atoms with E-state index >= 15 is 0 Å². The quantitative estimate of drug-likeness (QED) is 0.344. The van der Waals surface area contributed by atoms with Crippen molar-refractivity contribution in [3.05, 3.63) is 29.8 Å². The van der Waals surface area contributed by atoms with Crippen LogP contribution >= 0.6 is 35.7 Å². The van der Waals surface area contributed by atoms with Crippen molar-refractivity contribution in [2.45, 2.75) is 13.3 Å². The molecule has 0 atom stereocenters. The van der Waals surface area contributed by atoms with Crippen LogP contribution in [0.2, 0.25) is 0 Å². The molecule has 0 spiro atoms. The number of rotatable bonds is 5. The van der Waals surface area contributed by atoms with Gasteiger partial charge in [-0.15, -0.1) is 24.0 Å². The van der Waals surface area contributed by atoms with Gasteiger partial charge in [0.1, 0.15) is 5.75 Å². The first kappa shape index (κ1) is 18.4. The molecule has 21 heavy (non-hydrogen) atoms. The molecule has 0 aliphatic carbocycles. The molecule has 0 amide bonds. The highest BCUT2D eigenvalue weighted by Gasteiger charge is 2.11. The summed E-state index contributed by atoms with van der Waals surface area (Å²) in [6.45, 7) is 5.48. The number of aryl methyl sites for hydroxylation is 1. The van der Waals surface area contributed by atoms with Crippen LogP contribution in [0.1, 0.15) is 12.0 Å². The lowest BCUT2D eigenvalue weighted by Crippen LogP contribution is -2.42. The molecular weight excluding hydrogens is 397 g/mol. The highest BCUT2D eigenvalue weighted by Crippen LogP contribution is 2.16. The van der Waals surface area contributed by atoms with Gasteiger partial charge in [0.25, 0.3) is 0 Å². The Balaban J connectivity index is 0.00000220. The summed E-state index contributed by atoms with van der Waals surface area (Å²) in [6.07, 6.45) is 0.887. The molecule has 2 rings (SSSR count). The van der Waals surface area contributed by atoms with Crippen molar-refractivity contribution in [3.8, 4) is 5.75 Å². The van der Waals surface area contributed by atoms with Gasteiger partial charge in [-0.2, -0.15) is 11.8 Å². The van der Waals surface area contributed by atoms with E-state index in [4.69, 9.17) is 10.5 Å². The van der Waals surface area contributed by atoms with Crippen LogP contribution in [0.4, 0.5) is 0 Å². The molecule has 1 heterocycles. The van der Waals surface area contributed by atoms with Gasteiger partial charge in [0.05, 0.1) is 6.61 Å². The second-order valence-corrected chi connectivity index (χ2v) is 6.03. The maximum atomic E-state index is 5.99. The summed E-state index contributed by atoms with van der Waals surface area (Å²) in [7, 11) is 0. The number of benzene rings is 1. The molecule has 0 radical (unpaired) electrons. The van der Waals surface area contributed by atoms with Gasteiger partial charge in [-0.05, 0) is 18.6 Å². The predicted molar refractivity (Wildman–Crippen MR) is 102 cm³/mol. The number of thioether (sulfide) groups is 1. The fourth-order valence-electron chi connectivity index (χ4n) is 2.05. The van der Waals surface area contributed by atoms with Crippen molar-refractivity contribution < 1.29 is 4.74 Å². The van der Waals surface area contributed by atoms with Crippen molar-refractivity contribution in [3.63, 3.8) is 0 Å². The number of aliphatic imine (C=N–C) groups is 1. The molecule has 0 aromatic heterocycles. The molecule has 1 saturated heterocycles. The molecular formula is C15H24IN3OS. The predicted octanol–water partition coefficient (Wildman–Crippen LogP) is 2.75. The number of ether oxygens (including phenoxy) is 1. The first-order valence-corrected chi connectivity index (χ1v) is 8.24. The Labute approximate surface area is 148 Å². The van der Waals surface area contributed by atoms with Crippen LogP contribution in [-0.2, 0) is 0 Å². The van der Waals surface area contributed by atoms with Gasteiger partial charge in [-0.3, -0.25) is 4.99 Å². The largest absolute Gasteiger partial charge is 0.493 e. The van der Waals surface area contributed by atoms with Crippen LogP contribution in [0.25, 0.3) is 0 Å². The summed E-state index contributed by atoms with van der Waals surface area (Å²) in [6, 6.07) is 8.06. The minimum Gasteiger partial charge on any atom is -0.493 e. The minimum atomic E-state index is 0. The van der Waals surface area contributed by atoms with Crippen LogP contribution in [0, 0.1) is 6.92 Å². The Bertz CT molecular complexity index is 450. The Hall–Kier alpha value is -0.630. The van der Waals surface area contributed by atoms with Crippen molar-refractivity contribution in [2.75, 3.05) is 37.7 Å². The zero-order valence-electron chi connectivity index (χ0n) is 12.5. The van der Waals surface area contributed by atoms with E-state index in [1.807, 2.05) is 30.0 Å². The summed E-state index contributed by atoms with van der Waals surface area (Å²) in [5.41, 5.74) is 7.16. The molecule has 4 nitrogen and oxygen atoms in total. The van der Waals surface area contributed by atoms with Gasteiger partial charge in [-0.1, -0.05) is 18.2 Å². The molecule has 118 valence electrons. The van der Waals surface area contributed by atoms with Gasteiger partial charge in [-0.25, -0.2) is 0 Å². The van der Waals surface area contributed by atoms with Gasteiger partial charge in [0.2, 0.25) is 0 Å². The second-order valence-electron chi connectivity index (χ2n) is 4.81. The lowest BCUT2D eigenvalue weighted by Gasteiger charge is -2.27. The van der Waals surface area contributed by atoms with E-state index in [1.54, 1.807) is 0 Å². The molecule has 1 aliphatic rings. The van der Waals surface area contributed by atoms with Crippen LogP contribution in [0.15, 0.2) is 29.3 Å². The van der Waals surface area contributed by atoms with E-state index in [0.29, 0.717) is 12.6 Å². The van der Waals surface area contributed by atoms with E-state index < -0.39 is 0 Å². The smallest absolute Gasteiger partial charge is 0.191 e. The van der Waals surface area contributed by atoms with Crippen molar-refractivity contribution in [1.29, 1.82) is 0 Å². The van der Waals surface area contributed by atoms with Crippen LogP contribution in [0.5, 0.6) is 5.75 Å². The van der Waals surface area contributed by atoms with Crippen LogP contribution in [-0.4, -0.2) is 48.6 Å². The summed E-state index contributed by atoms with van der Waals surface area (Å²) < 4.78 is 5.74.